The number of hydrogen-bond acceptors (Lipinski definition) is 3. The number of rotatable bonds is 2. The number of aryl methyl sites for hydroxylation is 1. The van der Waals surface area contributed by atoms with Crippen molar-refractivity contribution in [2.24, 2.45) is 5.73 Å². The molecule has 0 radical (unpaired) electrons. The highest BCUT2D eigenvalue weighted by atomic mass is 16.5. The summed E-state index contributed by atoms with van der Waals surface area (Å²) in [6.45, 7) is 2.29. The molecule has 1 heterocycles. The summed E-state index contributed by atoms with van der Waals surface area (Å²) in [6.07, 6.45) is 0.389. The van der Waals surface area contributed by atoms with E-state index in [0.717, 1.165) is 17.9 Å². The molecule has 1 unspecified atom stereocenters. The molecular weight excluding hydrogens is 204 g/mol. The van der Waals surface area contributed by atoms with Crippen molar-refractivity contribution in [3.05, 3.63) is 23.8 Å². The van der Waals surface area contributed by atoms with Gasteiger partial charge < -0.3 is 15.4 Å². The Morgan fingerprint density at radius 3 is 2.88 bits per heavy atom. The Bertz CT molecular complexity index is 417. The van der Waals surface area contributed by atoms with E-state index in [1.54, 1.807) is 11.9 Å². The van der Waals surface area contributed by atoms with Crippen LogP contribution in [0.15, 0.2) is 18.2 Å². The largest absolute Gasteiger partial charge is 0.477 e. The van der Waals surface area contributed by atoms with Gasteiger partial charge in [0.25, 0.3) is 5.91 Å². The maximum atomic E-state index is 11.8. The number of carbonyl (C=O) groups excluding carboxylic acids is 1. The highest BCUT2D eigenvalue weighted by Crippen LogP contribution is 2.33. The van der Waals surface area contributed by atoms with Gasteiger partial charge in [-0.2, -0.15) is 0 Å². The standard InChI is InChI=1S/C12H16N2O2/c1-3-8-4-5-10-9(6-8)14(2)12(15)11(7-13)16-10/h4-6,11H,3,7,13H2,1-2H3. The van der Waals surface area contributed by atoms with Crippen LogP contribution < -0.4 is 15.4 Å². The van der Waals surface area contributed by atoms with Crippen LogP contribution in [0.25, 0.3) is 0 Å². The van der Waals surface area contributed by atoms with Gasteiger partial charge in [0.15, 0.2) is 6.10 Å². The number of nitrogens with two attached hydrogens (primary N) is 1. The van der Waals surface area contributed by atoms with Gasteiger partial charge in [-0.05, 0) is 24.1 Å². The Hall–Kier alpha value is -1.55. The molecule has 1 aromatic rings. The Kier molecular flexibility index (Phi) is 2.83. The Labute approximate surface area is 95.0 Å². The average Bonchev–Trinajstić information content (AvgIpc) is 2.33. The summed E-state index contributed by atoms with van der Waals surface area (Å²) in [6, 6.07) is 5.90. The number of ether oxygens (including phenoxy) is 1. The number of nitrogens with zero attached hydrogens (tertiary/aromatic N) is 1. The van der Waals surface area contributed by atoms with Crippen LogP contribution in [0.1, 0.15) is 12.5 Å². The summed E-state index contributed by atoms with van der Waals surface area (Å²) in [4.78, 5) is 13.5. The zero-order chi connectivity index (χ0) is 11.7. The van der Waals surface area contributed by atoms with Crippen LogP contribution in [0.5, 0.6) is 5.75 Å². The predicted molar refractivity (Wildman–Crippen MR) is 62.7 cm³/mol. The van der Waals surface area contributed by atoms with Gasteiger partial charge in [-0.3, -0.25) is 4.79 Å². The fraction of sp³-hybridized carbons (Fsp3) is 0.417. The van der Waals surface area contributed by atoms with Gasteiger partial charge >= 0.3 is 0 Å². The minimum Gasteiger partial charge on any atom is -0.477 e. The molecule has 1 aliphatic rings. The number of amides is 1. The van der Waals surface area contributed by atoms with Crippen LogP contribution in [-0.4, -0.2) is 25.6 Å². The monoisotopic (exact) mass is 220 g/mol. The van der Waals surface area contributed by atoms with E-state index in [-0.39, 0.29) is 12.5 Å². The second-order valence-electron chi connectivity index (χ2n) is 3.90. The fourth-order valence-corrected chi connectivity index (χ4v) is 1.83. The topological polar surface area (TPSA) is 55.6 Å². The first-order chi connectivity index (χ1) is 7.67. The quantitative estimate of drug-likeness (QED) is 0.806. The maximum absolute atomic E-state index is 11.8. The number of likely N-dealkylation sites (N-methyl/N-ethyl adjacent to an activating group) is 1. The molecule has 0 aromatic heterocycles. The molecule has 86 valence electrons. The van der Waals surface area contributed by atoms with E-state index in [0.29, 0.717) is 0 Å². The SMILES string of the molecule is CCc1ccc2c(c1)N(C)C(=O)C(CN)O2. The molecule has 0 bridgehead atoms. The Balaban J connectivity index is 2.42. The molecule has 2 rings (SSSR count). The van der Waals surface area contributed by atoms with Crippen LogP contribution in [-0.2, 0) is 11.2 Å². The van der Waals surface area contributed by atoms with E-state index < -0.39 is 6.10 Å². The summed E-state index contributed by atoms with van der Waals surface area (Å²) < 4.78 is 5.55. The molecule has 1 aromatic carbocycles. The first kappa shape index (κ1) is 11.0. The normalized spacial score (nSPS) is 19.3. The number of anilines is 1. The second-order valence-corrected chi connectivity index (χ2v) is 3.90. The zero-order valence-corrected chi connectivity index (χ0v) is 9.56. The lowest BCUT2D eigenvalue weighted by atomic mass is 10.1. The first-order valence-electron chi connectivity index (χ1n) is 5.44. The third-order valence-corrected chi connectivity index (χ3v) is 2.88. The second kappa shape index (κ2) is 4.14. The molecule has 4 heteroatoms. The van der Waals surface area contributed by atoms with E-state index in [9.17, 15) is 4.79 Å². The van der Waals surface area contributed by atoms with Crippen LogP contribution in [0.4, 0.5) is 5.69 Å². The fourth-order valence-electron chi connectivity index (χ4n) is 1.83. The number of fused-ring (bicyclic) bond motifs is 1. The van der Waals surface area contributed by atoms with Gasteiger partial charge in [0.1, 0.15) is 5.75 Å². The third kappa shape index (κ3) is 1.65. The Morgan fingerprint density at radius 1 is 1.50 bits per heavy atom. The van der Waals surface area contributed by atoms with Crippen LogP contribution in [0.2, 0.25) is 0 Å². The smallest absolute Gasteiger partial charge is 0.269 e. The molecular formula is C12H16N2O2. The van der Waals surface area contributed by atoms with Crippen molar-refractivity contribution in [3.8, 4) is 5.75 Å². The van der Waals surface area contributed by atoms with E-state index in [1.807, 2.05) is 18.2 Å². The molecule has 0 saturated carbocycles. The lowest BCUT2D eigenvalue weighted by molar-refractivity contribution is -0.125. The number of benzene rings is 1. The molecule has 1 amide bonds. The number of carbonyl (C=O) groups is 1. The van der Waals surface area contributed by atoms with E-state index in [1.165, 1.54) is 5.56 Å². The molecule has 1 atom stereocenters. The Morgan fingerprint density at radius 2 is 2.25 bits per heavy atom. The maximum Gasteiger partial charge on any atom is 0.269 e. The minimum absolute atomic E-state index is 0.0803. The molecule has 0 aliphatic carbocycles. The van der Waals surface area contributed by atoms with Gasteiger partial charge in [0.2, 0.25) is 0 Å². The molecule has 2 N–H and O–H groups in total. The van der Waals surface area contributed by atoms with Crippen molar-refractivity contribution in [3.63, 3.8) is 0 Å². The van der Waals surface area contributed by atoms with Crippen molar-refractivity contribution < 1.29 is 9.53 Å². The van der Waals surface area contributed by atoms with Crippen LogP contribution in [0, 0.1) is 0 Å². The molecule has 4 nitrogen and oxygen atoms in total. The van der Waals surface area contributed by atoms with Crippen molar-refractivity contribution in [2.45, 2.75) is 19.4 Å². The van der Waals surface area contributed by atoms with Gasteiger partial charge in [0, 0.05) is 13.6 Å². The lowest BCUT2D eigenvalue weighted by Crippen LogP contribution is -2.47. The molecule has 0 fully saturated rings. The van der Waals surface area contributed by atoms with Crippen LogP contribution in [0.3, 0.4) is 0 Å². The van der Waals surface area contributed by atoms with Gasteiger partial charge in [-0.1, -0.05) is 13.0 Å². The van der Waals surface area contributed by atoms with Gasteiger partial charge in [-0.25, -0.2) is 0 Å². The minimum atomic E-state index is -0.551. The molecule has 1 aliphatic heterocycles. The first-order valence-corrected chi connectivity index (χ1v) is 5.44. The molecule has 0 saturated heterocycles. The van der Waals surface area contributed by atoms with Crippen molar-refractivity contribution in [2.75, 3.05) is 18.5 Å². The summed E-state index contributed by atoms with van der Waals surface area (Å²) in [5.41, 5.74) is 7.51. The molecule has 0 spiro atoms. The van der Waals surface area contributed by atoms with Gasteiger partial charge in [-0.15, -0.1) is 0 Å². The zero-order valence-electron chi connectivity index (χ0n) is 9.56. The average molecular weight is 220 g/mol. The van der Waals surface area contributed by atoms with E-state index in [2.05, 4.69) is 6.92 Å². The van der Waals surface area contributed by atoms with Crippen molar-refractivity contribution >= 4 is 11.6 Å². The highest BCUT2D eigenvalue weighted by Gasteiger charge is 2.31. The highest BCUT2D eigenvalue weighted by molar-refractivity contribution is 5.99. The predicted octanol–water partition coefficient (Wildman–Crippen LogP) is 0.931. The van der Waals surface area contributed by atoms with E-state index >= 15 is 0 Å². The summed E-state index contributed by atoms with van der Waals surface area (Å²) in [7, 11) is 1.76. The number of hydrogen-bond donors (Lipinski definition) is 1. The lowest BCUT2D eigenvalue weighted by Gasteiger charge is -2.31. The van der Waals surface area contributed by atoms with Crippen molar-refractivity contribution in [1.82, 2.24) is 0 Å². The summed E-state index contributed by atoms with van der Waals surface area (Å²) >= 11 is 0. The summed E-state index contributed by atoms with van der Waals surface area (Å²) in [5, 5.41) is 0. The third-order valence-electron chi connectivity index (χ3n) is 2.88. The molecule has 16 heavy (non-hydrogen) atoms. The van der Waals surface area contributed by atoms with Gasteiger partial charge in [0.05, 0.1) is 5.69 Å². The van der Waals surface area contributed by atoms with E-state index in [4.69, 9.17) is 10.5 Å². The van der Waals surface area contributed by atoms with Crippen molar-refractivity contribution in [1.29, 1.82) is 0 Å². The summed E-state index contributed by atoms with van der Waals surface area (Å²) in [5.74, 6) is 0.651. The van der Waals surface area contributed by atoms with Crippen LogP contribution >= 0.6 is 0 Å².